The van der Waals surface area contributed by atoms with Gasteiger partial charge in [0.25, 0.3) is 11.5 Å². The summed E-state index contributed by atoms with van der Waals surface area (Å²) in [5.74, 6) is -0.517. The molecule has 0 saturated heterocycles. The van der Waals surface area contributed by atoms with Crippen LogP contribution in [0.15, 0.2) is 35.1 Å². The van der Waals surface area contributed by atoms with Gasteiger partial charge in [0, 0.05) is 5.69 Å². The number of para-hydroxylation sites is 1. The SMILES string of the molecule is Cc1cc(C(=O)Nn2c(=S)[nH]c3ccccc3c2=O)n[nH]1. The molecule has 0 unspecified atom stereocenters. The van der Waals surface area contributed by atoms with Gasteiger partial charge in [0.15, 0.2) is 10.5 Å². The summed E-state index contributed by atoms with van der Waals surface area (Å²) in [6.45, 7) is 1.78. The molecule has 0 bridgehead atoms. The molecule has 3 aromatic rings. The van der Waals surface area contributed by atoms with E-state index in [1.54, 1.807) is 37.3 Å². The lowest BCUT2D eigenvalue weighted by molar-refractivity contribution is 0.100. The Hall–Kier alpha value is -2.74. The van der Waals surface area contributed by atoms with Crippen LogP contribution < -0.4 is 11.0 Å². The lowest BCUT2D eigenvalue weighted by Crippen LogP contribution is -2.34. The van der Waals surface area contributed by atoms with Gasteiger partial charge in [-0.2, -0.15) is 9.77 Å². The molecule has 3 N–H and O–H groups in total. The lowest BCUT2D eigenvalue weighted by atomic mass is 10.2. The molecule has 0 aliphatic rings. The van der Waals surface area contributed by atoms with Gasteiger partial charge < -0.3 is 4.98 Å². The van der Waals surface area contributed by atoms with Crippen molar-refractivity contribution < 1.29 is 4.79 Å². The number of aromatic amines is 2. The molecule has 1 amide bonds. The molecule has 21 heavy (non-hydrogen) atoms. The summed E-state index contributed by atoms with van der Waals surface area (Å²) in [5, 5.41) is 6.93. The average Bonchev–Trinajstić information content (AvgIpc) is 2.90. The quantitative estimate of drug-likeness (QED) is 0.625. The number of rotatable bonds is 2. The first-order valence-corrected chi connectivity index (χ1v) is 6.54. The summed E-state index contributed by atoms with van der Waals surface area (Å²) in [6, 6.07) is 8.51. The third-order valence-corrected chi connectivity index (χ3v) is 3.24. The second-order valence-electron chi connectivity index (χ2n) is 4.49. The van der Waals surface area contributed by atoms with E-state index in [-0.39, 0.29) is 10.5 Å². The van der Waals surface area contributed by atoms with Crippen LogP contribution in [-0.4, -0.2) is 25.8 Å². The van der Waals surface area contributed by atoms with Gasteiger partial charge in [0.1, 0.15) is 0 Å². The van der Waals surface area contributed by atoms with Crippen molar-refractivity contribution in [2.75, 3.05) is 5.43 Å². The van der Waals surface area contributed by atoms with Gasteiger partial charge in [-0.15, -0.1) is 0 Å². The number of aryl methyl sites for hydroxylation is 1. The van der Waals surface area contributed by atoms with Crippen LogP contribution in [0.5, 0.6) is 0 Å². The van der Waals surface area contributed by atoms with E-state index in [4.69, 9.17) is 12.2 Å². The van der Waals surface area contributed by atoms with Crippen molar-refractivity contribution in [3.63, 3.8) is 0 Å². The summed E-state index contributed by atoms with van der Waals surface area (Å²) in [7, 11) is 0. The molecule has 0 saturated carbocycles. The van der Waals surface area contributed by atoms with Crippen molar-refractivity contribution in [2.45, 2.75) is 6.92 Å². The predicted molar refractivity (Wildman–Crippen MR) is 80.4 cm³/mol. The van der Waals surface area contributed by atoms with E-state index < -0.39 is 11.5 Å². The third kappa shape index (κ3) is 2.36. The third-order valence-electron chi connectivity index (χ3n) is 2.96. The molecule has 0 atom stereocenters. The highest BCUT2D eigenvalue weighted by Gasteiger charge is 2.12. The van der Waals surface area contributed by atoms with Gasteiger partial charge in [0.2, 0.25) is 0 Å². The van der Waals surface area contributed by atoms with Gasteiger partial charge in [-0.25, -0.2) is 0 Å². The maximum atomic E-state index is 12.4. The molecule has 2 aromatic heterocycles. The molecular weight excluding hydrogens is 290 g/mol. The smallest absolute Gasteiger partial charge is 0.290 e. The summed E-state index contributed by atoms with van der Waals surface area (Å²) < 4.78 is 1.11. The molecule has 1 aromatic carbocycles. The number of carbonyl (C=O) groups excluding carboxylic acids is 1. The lowest BCUT2D eigenvalue weighted by Gasteiger charge is -2.08. The standard InChI is InChI=1S/C13H11N5O2S/c1-7-6-10(16-15-7)11(19)17-18-12(20)8-4-2-3-5-9(8)14-13(18)21/h2-6H,1H3,(H,14,21)(H,15,16)(H,17,19). The van der Waals surface area contributed by atoms with Crippen molar-refractivity contribution in [3.8, 4) is 0 Å². The van der Waals surface area contributed by atoms with Gasteiger partial charge in [0.05, 0.1) is 10.9 Å². The second kappa shape index (κ2) is 4.98. The topological polar surface area (TPSA) is 95.6 Å². The van der Waals surface area contributed by atoms with Crippen molar-refractivity contribution in [3.05, 3.63) is 56.8 Å². The average molecular weight is 301 g/mol. The molecule has 0 radical (unpaired) electrons. The molecule has 2 heterocycles. The zero-order valence-corrected chi connectivity index (χ0v) is 11.8. The molecular formula is C13H11N5O2S. The van der Waals surface area contributed by atoms with Gasteiger partial charge >= 0.3 is 0 Å². The number of aromatic nitrogens is 4. The van der Waals surface area contributed by atoms with E-state index in [0.29, 0.717) is 10.9 Å². The van der Waals surface area contributed by atoms with Crippen LogP contribution in [0.4, 0.5) is 0 Å². The largest absolute Gasteiger partial charge is 0.330 e. The van der Waals surface area contributed by atoms with E-state index in [2.05, 4.69) is 20.6 Å². The Morgan fingerprint density at radius 1 is 1.38 bits per heavy atom. The van der Waals surface area contributed by atoms with Gasteiger partial charge in [-0.05, 0) is 37.3 Å². The molecule has 0 spiro atoms. The Morgan fingerprint density at radius 3 is 2.86 bits per heavy atom. The minimum Gasteiger partial charge on any atom is -0.330 e. The highest BCUT2D eigenvalue weighted by molar-refractivity contribution is 7.71. The van der Waals surface area contributed by atoms with E-state index in [1.807, 2.05) is 0 Å². The maximum Gasteiger partial charge on any atom is 0.290 e. The summed E-state index contributed by atoms with van der Waals surface area (Å²) in [6.07, 6.45) is 0. The first-order valence-electron chi connectivity index (χ1n) is 6.14. The van der Waals surface area contributed by atoms with Crippen LogP contribution in [0.25, 0.3) is 10.9 Å². The Labute approximate surface area is 123 Å². The highest BCUT2D eigenvalue weighted by Crippen LogP contribution is 2.05. The Bertz CT molecular complexity index is 953. The zero-order chi connectivity index (χ0) is 15.0. The van der Waals surface area contributed by atoms with Crippen LogP contribution in [0, 0.1) is 11.7 Å². The number of nitrogens with one attached hydrogen (secondary N) is 3. The van der Waals surface area contributed by atoms with Crippen LogP contribution in [0.2, 0.25) is 0 Å². The molecule has 106 valence electrons. The highest BCUT2D eigenvalue weighted by atomic mass is 32.1. The van der Waals surface area contributed by atoms with Crippen LogP contribution in [0.1, 0.15) is 16.2 Å². The number of carbonyl (C=O) groups is 1. The van der Waals surface area contributed by atoms with Crippen LogP contribution in [-0.2, 0) is 0 Å². The van der Waals surface area contributed by atoms with E-state index in [9.17, 15) is 9.59 Å². The Kier molecular flexibility index (Phi) is 3.15. The Morgan fingerprint density at radius 2 is 2.14 bits per heavy atom. The van der Waals surface area contributed by atoms with Gasteiger partial charge in [-0.3, -0.25) is 20.1 Å². The minimum atomic E-state index is -0.517. The summed E-state index contributed by atoms with van der Waals surface area (Å²) in [5.41, 5.74) is 3.60. The molecule has 0 fully saturated rings. The number of hydrogen-bond donors (Lipinski definition) is 3. The normalized spacial score (nSPS) is 10.7. The van der Waals surface area contributed by atoms with Crippen molar-refractivity contribution in [1.82, 2.24) is 19.9 Å². The fraction of sp³-hybridized carbons (Fsp3) is 0.0769. The fourth-order valence-electron chi connectivity index (χ4n) is 1.96. The fourth-order valence-corrected chi connectivity index (χ4v) is 2.20. The number of nitrogens with zero attached hydrogens (tertiary/aromatic N) is 2. The van der Waals surface area contributed by atoms with Crippen molar-refractivity contribution in [2.24, 2.45) is 0 Å². The Balaban J connectivity index is 2.07. The second-order valence-corrected chi connectivity index (χ2v) is 4.88. The molecule has 8 heteroatoms. The number of hydrogen-bond acceptors (Lipinski definition) is 4. The monoisotopic (exact) mass is 301 g/mol. The van der Waals surface area contributed by atoms with E-state index in [0.717, 1.165) is 10.4 Å². The number of benzene rings is 1. The van der Waals surface area contributed by atoms with Crippen LogP contribution in [0.3, 0.4) is 0 Å². The predicted octanol–water partition coefficient (Wildman–Crippen LogP) is 1.47. The summed E-state index contributed by atoms with van der Waals surface area (Å²) in [4.78, 5) is 27.3. The van der Waals surface area contributed by atoms with Crippen molar-refractivity contribution in [1.29, 1.82) is 0 Å². The number of fused-ring (bicyclic) bond motifs is 1. The molecule has 3 rings (SSSR count). The minimum absolute atomic E-state index is 0.110. The van der Waals surface area contributed by atoms with Gasteiger partial charge in [-0.1, -0.05) is 12.1 Å². The zero-order valence-electron chi connectivity index (χ0n) is 11.0. The number of H-pyrrole nitrogens is 2. The first kappa shape index (κ1) is 13.3. The van der Waals surface area contributed by atoms with Crippen molar-refractivity contribution >= 4 is 29.0 Å². The maximum absolute atomic E-state index is 12.4. The molecule has 7 nitrogen and oxygen atoms in total. The molecule has 0 aliphatic carbocycles. The van der Waals surface area contributed by atoms with E-state index in [1.165, 1.54) is 0 Å². The van der Waals surface area contributed by atoms with E-state index >= 15 is 0 Å². The van der Waals surface area contributed by atoms with Crippen LogP contribution >= 0.6 is 12.2 Å². The molecule has 0 aliphatic heterocycles. The summed E-state index contributed by atoms with van der Waals surface area (Å²) >= 11 is 5.10. The first-order chi connectivity index (χ1) is 10.1. The number of amides is 1.